The van der Waals surface area contributed by atoms with Crippen LogP contribution in [0.5, 0.6) is 5.75 Å². The van der Waals surface area contributed by atoms with Crippen molar-refractivity contribution in [3.05, 3.63) is 53.0 Å². The molecule has 2 aliphatic heterocycles. The van der Waals surface area contributed by atoms with Crippen molar-refractivity contribution in [1.82, 2.24) is 14.7 Å². The molecule has 31 heavy (non-hydrogen) atoms. The van der Waals surface area contributed by atoms with E-state index in [1.54, 1.807) is 6.92 Å². The van der Waals surface area contributed by atoms with Crippen LogP contribution in [0.2, 0.25) is 0 Å². The summed E-state index contributed by atoms with van der Waals surface area (Å²) in [6.07, 6.45) is 1.07. The molecule has 2 aromatic rings. The Bertz CT molecular complexity index is 886. The van der Waals surface area contributed by atoms with Gasteiger partial charge < -0.3 is 14.1 Å². The predicted octanol–water partition coefficient (Wildman–Crippen LogP) is 3.64. The number of fused-ring (bicyclic) bond motifs is 1. The molecule has 1 fully saturated rings. The highest BCUT2D eigenvalue weighted by Gasteiger charge is 2.21. The molecule has 1 amide bonds. The van der Waals surface area contributed by atoms with E-state index >= 15 is 0 Å². The van der Waals surface area contributed by atoms with Crippen molar-refractivity contribution in [2.24, 2.45) is 0 Å². The zero-order valence-corrected chi connectivity index (χ0v) is 19.1. The molecule has 0 spiro atoms. The number of benzene rings is 1. The van der Waals surface area contributed by atoms with Crippen LogP contribution in [-0.2, 0) is 17.9 Å². The number of hydrogen-bond donors (Lipinski definition) is 0. The summed E-state index contributed by atoms with van der Waals surface area (Å²) >= 11 is 0. The van der Waals surface area contributed by atoms with Crippen LogP contribution in [0.15, 0.2) is 34.7 Å². The summed E-state index contributed by atoms with van der Waals surface area (Å²) in [5, 5.41) is 0. The van der Waals surface area contributed by atoms with E-state index in [1.165, 1.54) is 11.1 Å². The van der Waals surface area contributed by atoms with Gasteiger partial charge in [-0.15, -0.1) is 0 Å². The highest BCUT2D eigenvalue weighted by atomic mass is 16.5. The molecular weight excluding hydrogens is 390 g/mol. The zero-order chi connectivity index (χ0) is 21.8. The number of carbonyl (C=O) groups excluding carboxylic acids is 1. The normalized spacial score (nSPS) is 18.9. The molecule has 1 saturated heterocycles. The maximum absolute atomic E-state index is 11.5. The highest BCUT2D eigenvalue weighted by molar-refractivity contribution is 5.73. The molecule has 1 aromatic heterocycles. The minimum Gasteiger partial charge on any atom is -0.492 e. The van der Waals surface area contributed by atoms with Gasteiger partial charge in [-0.25, -0.2) is 0 Å². The van der Waals surface area contributed by atoms with Crippen molar-refractivity contribution < 1.29 is 13.9 Å². The van der Waals surface area contributed by atoms with Gasteiger partial charge in [0.1, 0.15) is 23.9 Å². The van der Waals surface area contributed by atoms with Crippen LogP contribution in [-0.4, -0.2) is 66.5 Å². The summed E-state index contributed by atoms with van der Waals surface area (Å²) in [4.78, 5) is 18.4. The lowest BCUT2D eigenvalue weighted by Crippen LogP contribution is -2.47. The average molecular weight is 426 g/mol. The Balaban J connectivity index is 1.34. The number of rotatable bonds is 6. The largest absolute Gasteiger partial charge is 0.492 e. The molecule has 1 aromatic carbocycles. The molecule has 1 unspecified atom stereocenters. The Morgan fingerprint density at radius 3 is 2.58 bits per heavy atom. The second-order valence-electron chi connectivity index (χ2n) is 8.99. The summed E-state index contributed by atoms with van der Waals surface area (Å²) in [6, 6.07) is 10.8. The van der Waals surface area contributed by atoms with Gasteiger partial charge in [0.2, 0.25) is 5.91 Å². The maximum atomic E-state index is 11.5. The number of aryl methyl sites for hydroxylation is 1. The first-order valence-corrected chi connectivity index (χ1v) is 11.5. The van der Waals surface area contributed by atoms with Crippen LogP contribution in [0.25, 0.3) is 0 Å². The van der Waals surface area contributed by atoms with Gasteiger partial charge in [-0.1, -0.05) is 13.0 Å². The summed E-state index contributed by atoms with van der Waals surface area (Å²) in [6.45, 7) is 14.0. The Hall–Kier alpha value is -2.31. The summed E-state index contributed by atoms with van der Waals surface area (Å²) in [7, 11) is 0. The molecular formula is C25H35N3O3. The van der Waals surface area contributed by atoms with Crippen molar-refractivity contribution in [2.45, 2.75) is 46.2 Å². The number of carbonyl (C=O) groups is 1. The van der Waals surface area contributed by atoms with Gasteiger partial charge in [-0.3, -0.25) is 14.6 Å². The minimum atomic E-state index is 0.179. The van der Waals surface area contributed by atoms with Crippen LogP contribution < -0.4 is 4.74 Å². The second kappa shape index (κ2) is 9.88. The van der Waals surface area contributed by atoms with E-state index in [4.69, 9.17) is 9.15 Å². The SMILES string of the molecule is CC(=O)N1CCN(Cc2ccc3c(c2)CN(CCC(C)c2ccc(C)o2)CCO3)CC1. The first-order chi connectivity index (χ1) is 15.0. The van der Waals surface area contributed by atoms with Crippen LogP contribution >= 0.6 is 0 Å². The average Bonchev–Trinajstić information content (AvgIpc) is 3.09. The first kappa shape index (κ1) is 21.9. The summed E-state index contributed by atoms with van der Waals surface area (Å²) < 4.78 is 11.8. The number of furan rings is 1. The van der Waals surface area contributed by atoms with Crippen molar-refractivity contribution in [3.63, 3.8) is 0 Å². The molecule has 0 aliphatic carbocycles. The van der Waals surface area contributed by atoms with Crippen molar-refractivity contribution in [2.75, 3.05) is 45.9 Å². The first-order valence-electron chi connectivity index (χ1n) is 11.5. The van der Waals surface area contributed by atoms with Crippen LogP contribution in [0.3, 0.4) is 0 Å². The molecule has 0 radical (unpaired) electrons. The Morgan fingerprint density at radius 2 is 1.87 bits per heavy atom. The predicted molar refractivity (Wildman–Crippen MR) is 121 cm³/mol. The van der Waals surface area contributed by atoms with Gasteiger partial charge in [0.15, 0.2) is 0 Å². The minimum absolute atomic E-state index is 0.179. The van der Waals surface area contributed by atoms with E-state index in [0.29, 0.717) is 5.92 Å². The molecule has 168 valence electrons. The van der Waals surface area contributed by atoms with E-state index in [2.05, 4.69) is 41.0 Å². The van der Waals surface area contributed by atoms with Crippen molar-refractivity contribution in [1.29, 1.82) is 0 Å². The quantitative estimate of drug-likeness (QED) is 0.707. The van der Waals surface area contributed by atoms with Crippen LogP contribution in [0.1, 0.15) is 48.8 Å². The fourth-order valence-corrected chi connectivity index (χ4v) is 4.51. The van der Waals surface area contributed by atoms with E-state index in [0.717, 1.165) is 82.7 Å². The third kappa shape index (κ3) is 5.69. The molecule has 3 heterocycles. The lowest BCUT2D eigenvalue weighted by Gasteiger charge is -2.34. The monoisotopic (exact) mass is 425 g/mol. The van der Waals surface area contributed by atoms with E-state index in [-0.39, 0.29) is 5.91 Å². The lowest BCUT2D eigenvalue weighted by atomic mass is 10.0. The standard InChI is InChI=1S/C25H35N3O3/c1-19(24-6-4-20(2)31-24)8-9-26-14-15-30-25-7-5-22(16-23(25)18-26)17-27-10-12-28(13-11-27)21(3)29/h4-7,16,19H,8-15,17-18H2,1-3H3. The fourth-order valence-electron chi connectivity index (χ4n) is 4.51. The topological polar surface area (TPSA) is 49.2 Å². The summed E-state index contributed by atoms with van der Waals surface area (Å²) in [5.41, 5.74) is 2.60. The van der Waals surface area contributed by atoms with Gasteiger partial charge in [0, 0.05) is 64.2 Å². The van der Waals surface area contributed by atoms with Gasteiger partial charge in [0.05, 0.1) is 0 Å². The van der Waals surface area contributed by atoms with E-state index in [9.17, 15) is 4.79 Å². The van der Waals surface area contributed by atoms with Gasteiger partial charge in [-0.05, 0) is 49.7 Å². The molecule has 0 N–H and O–H groups in total. The maximum Gasteiger partial charge on any atom is 0.219 e. The fraction of sp³-hybridized carbons (Fsp3) is 0.560. The van der Waals surface area contributed by atoms with Crippen molar-refractivity contribution >= 4 is 5.91 Å². The molecule has 6 heteroatoms. The van der Waals surface area contributed by atoms with E-state index < -0.39 is 0 Å². The van der Waals surface area contributed by atoms with Crippen LogP contribution in [0, 0.1) is 6.92 Å². The van der Waals surface area contributed by atoms with E-state index in [1.807, 2.05) is 17.9 Å². The number of amides is 1. The smallest absolute Gasteiger partial charge is 0.219 e. The molecule has 2 aliphatic rings. The Labute approximate surface area is 185 Å². The van der Waals surface area contributed by atoms with Gasteiger partial charge in [0.25, 0.3) is 0 Å². The summed E-state index contributed by atoms with van der Waals surface area (Å²) in [5.74, 6) is 3.67. The zero-order valence-electron chi connectivity index (χ0n) is 19.1. The number of nitrogens with zero attached hydrogens (tertiary/aromatic N) is 3. The number of ether oxygens (including phenoxy) is 1. The molecule has 0 saturated carbocycles. The molecule has 0 bridgehead atoms. The second-order valence-corrected chi connectivity index (χ2v) is 8.99. The Kier molecular flexibility index (Phi) is 6.98. The molecule has 4 rings (SSSR count). The lowest BCUT2D eigenvalue weighted by molar-refractivity contribution is -0.130. The Morgan fingerprint density at radius 1 is 1.06 bits per heavy atom. The van der Waals surface area contributed by atoms with Crippen LogP contribution in [0.4, 0.5) is 0 Å². The third-order valence-electron chi connectivity index (χ3n) is 6.53. The third-order valence-corrected chi connectivity index (χ3v) is 6.53. The number of piperazine rings is 1. The van der Waals surface area contributed by atoms with Gasteiger partial charge in [-0.2, -0.15) is 0 Å². The number of hydrogen-bond acceptors (Lipinski definition) is 5. The molecule has 6 nitrogen and oxygen atoms in total. The molecule has 1 atom stereocenters. The highest BCUT2D eigenvalue weighted by Crippen LogP contribution is 2.27. The van der Waals surface area contributed by atoms with Gasteiger partial charge >= 0.3 is 0 Å². The van der Waals surface area contributed by atoms with Crippen molar-refractivity contribution in [3.8, 4) is 5.75 Å².